The molecule has 1 aliphatic heterocycles. The predicted octanol–water partition coefficient (Wildman–Crippen LogP) is 5.31. The van der Waals surface area contributed by atoms with Gasteiger partial charge in [-0.3, -0.25) is 24.5 Å². The Bertz CT molecular complexity index is 1510. The molecule has 1 saturated heterocycles. The number of imide groups is 1. The maximum atomic E-state index is 14.4. The average molecular weight is 493 g/mol. The lowest BCUT2D eigenvalue weighted by atomic mass is 9.62. The summed E-state index contributed by atoms with van der Waals surface area (Å²) in [5, 5.41) is 11.1. The van der Waals surface area contributed by atoms with Crippen LogP contribution < -0.4 is 4.90 Å². The number of allylic oxidation sites excluding steroid dienone is 2. The second-order valence-electron chi connectivity index (χ2n) is 10.1. The zero-order valence-corrected chi connectivity index (χ0v) is 20.4. The first-order valence-corrected chi connectivity index (χ1v) is 12.3. The van der Waals surface area contributed by atoms with Gasteiger partial charge in [-0.2, -0.15) is 0 Å². The molecule has 0 spiro atoms. The molecule has 2 amide bonds. The van der Waals surface area contributed by atoms with Gasteiger partial charge in [0.25, 0.3) is 5.69 Å². The summed E-state index contributed by atoms with van der Waals surface area (Å²) in [6.07, 6.45) is 0.371. The summed E-state index contributed by atoms with van der Waals surface area (Å²) in [7, 11) is 0. The quantitative estimate of drug-likeness (QED) is 0.273. The number of hydrogen-bond donors (Lipinski definition) is 0. The first-order chi connectivity index (χ1) is 17.8. The lowest BCUT2D eigenvalue weighted by Crippen LogP contribution is -2.41. The van der Waals surface area contributed by atoms with E-state index in [4.69, 9.17) is 0 Å². The van der Waals surface area contributed by atoms with Crippen molar-refractivity contribution in [2.75, 3.05) is 4.90 Å². The van der Waals surface area contributed by atoms with Crippen molar-refractivity contribution in [2.24, 2.45) is 22.7 Å². The zero-order valence-electron chi connectivity index (χ0n) is 20.4. The molecular weight excluding hydrogens is 468 g/mol. The molecule has 2 bridgehead atoms. The lowest BCUT2D eigenvalue weighted by Gasteiger charge is -2.37. The number of anilines is 1. The van der Waals surface area contributed by atoms with Crippen LogP contribution in [0.2, 0.25) is 0 Å². The van der Waals surface area contributed by atoms with E-state index in [2.05, 4.69) is 0 Å². The number of carbonyl (C=O) groups excluding carboxylic acids is 3. The number of fused-ring (bicyclic) bond motifs is 5. The Balaban J connectivity index is 1.60. The summed E-state index contributed by atoms with van der Waals surface area (Å²) in [5.74, 6) is -2.65. The third-order valence-electron chi connectivity index (χ3n) is 8.55. The third kappa shape index (κ3) is 2.74. The topological polar surface area (TPSA) is 97.6 Å². The van der Waals surface area contributed by atoms with Crippen molar-refractivity contribution in [1.82, 2.24) is 0 Å². The van der Waals surface area contributed by atoms with Gasteiger partial charge < -0.3 is 0 Å². The Morgan fingerprint density at radius 1 is 0.784 bits per heavy atom. The smallest absolute Gasteiger partial charge is 0.269 e. The molecule has 0 aromatic heterocycles. The van der Waals surface area contributed by atoms with Gasteiger partial charge in [-0.05, 0) is 47.8 Å². The van der Waals surface area contributed by atoms with Crippen LogP contribution in [-0.2, 0) is 14.4 Å². The normalized spacial score (nSPS) is 28.3. The number of amides is 2. The van der Waals surface area contributed by atoms with Gasteiger partial charge in [-0.25, -0.2) is 4.90 Å². The van der Waals surface area contributed by atoms with Crippen LogP contribution in [0, 0.1) is 32.8 Å². The maximum Gasteiger partial charge on any atom is 0.269 e. The van der Waals surface area contributed by atoms with Gasteiger partial charge in [0.05, 0.1) is 33.3 Å². The van der Waals surface area contributed by atoms with E-state index in [1.54, 1.807) is 0 Å². The Kier molecular flexibility index (Phi) is 4.86. The maximum absolute atomic E-state index is 14.4. The summed E-state index contributed by atoms with van der Waals surface area (Å²) in [4.78, 5) is 54.3. The molecule has 0 radical (unpaired) electrons. The highest BCUT2D eigenvalue weighted by Crippen LogP contribution is 2.74. The van der Waals surface area contributed by atoms with E-state index in [1.807, 2.05) is 74.5 Å². The van der Waals surface area contributed by atoms with Crippen molar-refractivity contribution >= 4 is 40.1 Å². The van der Waals surface area contributed by atoms with Gasteiger partial charge in [0, 0.05) is 12.1 Å². The molecule has 3 aromatic carbocycles. The Morgan fingerprint density at radius 2 is 1.30 bits per heavy atom. The van der Waals surface area contributed by atoms with Gasteiger partial charge in [-0.15, -0.1) is 0 Å². The van der Waals surface area contributed by atoms with Gasteiger partial charge >= 0.3 is 0 Å². The molecule has 1 saturated carbocycles. The molecule has 1 heterocycles. The van der Waals surface area contributed by atoms with Crippen molar-refractivity contribution in [1.29, 1.82) is 0 Å². The molecule has 2 aliphatic carbocycles. The van der Waals surface area contributed by atoms with Crippen molar-refractivity contribution in [3.05, 3.63) is 106 Å². The molecule has 37 heavy (non-hydrogen) atoms. The van der Waals surface area contributed by atoms with Gasteiger partial charge in [-0.1, -0.05) is 67.6 Å². The summed E-state index contributed by atoms with van der Waals surface area (Å²) in [5.41, 5.74) is 1.15. The lowest BCUT2D eigenvalue weighted by molar-refractivity contribution is -0.384. The number of rotatable bonds is 5. The highest BCUT2D eigenvalue weighted by molar-refractivity contribution is 6.34. The Hall–Kier alpha value is -4.39. The summed E-state index contributed by atoms with van der Waals surface area (Å²) in [6, 6.07) is 24.7. The molecule has 0 N–H and O–H groups in total. The van der Waals surface area contributed by atoms with Crippen LogP contribution in [-0.4, -0.2) is 22.5 Å². The van der Waals surface area contributed by atoms with Gasteiger partial charge in [0.1, 0.15) is 0 Å². The second kappa shape index (κ2) is 7.80. The molecular formula is C30H24N2O5. The second-order valence-corrected chi connectivity index (χ2v) is 10.1. The predicted molar refractivity (Wildman–Crippen MR) is 138 cm³/mol. The highest BCUT2D eigenvalue weighted by atomic mass is 16.6. The minimum absolute atomic E-state index is 0.0831. The fourth-order valence-electron chi connectivity index (χ4n) is 7.11. The van der Waals surface area contributed by atoms with Crippen LogP contribution in [0.25, 0.3) is 11.1 Å². The fourth-order valence-corrected chi connectivity index (χ4v) is 7.11. The number of nitro benzene ring substituents is 1. The number of Topliss-reactive ketones (excluding diaryl/α,β-unsaturated/α-hetero) is 1. The number of benzene rings is 3. The number of hydrogen-bond acceptors (Lipinski definition) is 5. The van der Waals surface area contributed by atoms with Crippen molar-refractivity contribution in [3.8, 4) is 0 Å². The molecule has 3 aromatic rings. The van der Waals surface area contributed by atoms with Crippen molar-refractivity contribution in [3.63, 3.8) is 0 Å². The number of nitrogens with zero attached hydrogens (tertiary/aromatic N) is 2. The fraction of sp³-hybridized carbons (Fsp3) is 0.233. The molecule has 7 nitrogen and oxygen atoms in total. The molecule has 6 rings (SSSR count). The standard InChI is InChI=1S/C30H24N2O5/c1-3-30-23(19-12-8-5-9-13-19)22(18-10-6-4-7-11-18)29(2,28(30)35)24-25(30)27(34)31(26(24)33)20-14-16-21(17-15-20)32(36)37/h4-17,24-25H,3H2,1-2H3/t24-,25+,29+,30-/m1/s1. The first kappa shape index (κ1) is 23.0. The molecule has 0 unspecified atom stereocenters. The van der Waals surface area contributed by atoms with E-state index in [1.165, 1.54) is 24.3 Å². The first-order valence-electron chi connectivity index (χ1n) is 12.3. The number of non-ortho nitro benzene ring substituents is 1. The van der Waals surface area contributed by atoms with E-state index in [9.17, 15) is 24.5 Å². The van der Waals surface area contributed by atoms with Crippen LogP contribution in [0.15, 0.2) is 84.9 Å². The van der Waals surface area contributed by atoms with E-state index in [0.29, 0.717) is 6.42 Å². The Labute approximate surface area is 213 Å². The highest BCUT2D eigenvalue weighted by Gasteiger charge is 2.79. The minimum Gasteiger partial charge on any atom is -0.298 e. The van der Waals surface area contributed by atoms with Crippen molar-refractivity contribution in [2.45, 2.75) is 20.3 Å². The van der Waals surface area contributed by atoms with E-state index in [-0.39, 0.29) is 17.2 Å². The zero-order chi connectivity index (χ0) is 26.1. The number of nitro groups is 1. The average Bonchev–Trinajstić information content (AvgIpc) is 3.39. The molecule has 2 fully saturated rings. The third-order valence-corrected chi connectivity index (χ3v) is 8.55. The molecule has 184 valence electrons. The monoisotopic (exact) mass is 492 g/mol. The summed E-state index contributed by atoms with van der Waals surface area (Å²) >= 11 is 0. The van der Waals surface area contributed by atoms with Gasteiger partial charge in [0.2, 0.25) is 11.8 Å². The minimum atomic E-state index is -1.20. The van der Waals surface area contributed by atoms with Crippen molar-refractivity contribution < 1.29 is 19.3 Å². The largest absolute Gasteiger partial charge is 0.298 e. The number of ketones is 1. The SMILES string of the molecule is CC[C@@]12C(=O)[C@@](C)(C(c3ccccc3)=C1c1ccccc1)[C@H]1C(=O)N(c3ccc([N+](=O)[O-])cc3)C(=O)[C@H]12. The molecule has 4 atom stereocenters. The van der Waals surface area contributed by atoms with Crippen LogP contribution in [0.4, 0.5) is 11.4 Å². The molecule has 3 aliphatic rings. The van der Waals surface area contributed by atoms with E-state index in [0.717, 1.165) is 27.2 Å². The summed E-state index contributed by atoms with van der Waals surface area (Å²) in [6.45, 7) is 3.72. The Morgan fingerprint density at radius 3 is 1.81 bits per heavy atom. The van der Waals surface area contributed by atoms with E-state index < -0.39 is 39.4 Å². The van der Waals surface area contributed by atoms with Gasteiger partial charge in [0.15, 0.2) is 5.78 Å². The molecule has 7 heteroatoms. The van der Waals surface area contributed by atoms with Crippen LogP contribution in [0.5, 0.6) is 0 Å². The number of carbonyl (C=O) groups is 3. The van der Waals surface area contributed by atoms with E-state index >= 15 is 0 Å². The van der Waals surface area contributed by atoms with Crippen LogP contribution in [0.1, 0.15) is 31.4 Å². The summed E-state index contributed by atoms with van der Waals surface area (Å²) < 4.78 is 0. The van der Waals surface area contributed by atoms with Crippen LogP contribution in [0.3, 0.4) is 0 Å². The van der Waals surface area contributed by atoms with Crippen LogP contribution >= 0.6 is 0 Å².